The number of aromatic amines is 1. The highest BCUT2D eigenvalue weighted by molar-refractivity contribution is 5.93. The minimum Gasteiger partial charge on any atom is -0.326 e. The quantitative estimate of drug-likeness (QED) is 0.673. The molecule has 0 unspecified atom stereocenters. The molecule has 29 heavy (non-hydrogen) atoms. The summed E-state index contributed by atoms with van der Waals surface area (Å²) in [4.78, 5) is 15.2. The molecule has 0 bridgehead atoms. The van der Waals surface area contributed by atoms with Crippen LogP contribution in [-0.2, 0) is 17.9 Å². The van der Waals surface area contributed by atoms with Crippen LogP contribution < -0.4 is 5.32 Å². The molecule has 0 atom stereocenters. The molecular formula is C22H28N6O. The van der Waals surface area contributed by atoms with Gasteiger partial charge in [0, 0.05) is 47.7 Å². The number of carbonyl (C=O) groups is 1. The summed E-state index contributed by atoms with van der Waals surface area (Å²) in [6.07, 6.45) is 5.47. The van der Waals surface area contributed by atoms with Crippen molar-refractivity contribution in [2.45, 2.75) is 39.8 Å². The molecular weight excluding hydrogens is 364 g/mol. The minimum absolute atomic E-state index is 0.0570. The largest absolute Gasteiger partial charge is 0.326 e. The molecule has 0 radical (unpaired) electrons. The third-order valence-electron chi connectivity index (χ3n) is 5.80. The predicted octanol–water partition coefficient (Wildman–Crippen LogP) is 3.45. The van der Waals surface area contributed by atoms with Crippen LogP contribution in [0.15, 0.2) is 42.7 Å². The number of aryl methyl sites for hydroxylation is 1. The van der Waals surface area contributed by atoms with E-state index in [4.69, 9.17) is 0 Å². The van der Waals surface area contributed by atoms with E-state index in [1.54, 1.807) is 6.20 Å². The lowest BCUT2D eigenvalue weighted by molar-refractivity contribution is -0.121. The van der Waals surface area contributed by atoms with Crippen molar-refractivity contribution in [3.05, 3.63) is 54.0 Å². The Labute approximate surface area is 171 Å². The average Bonchev–Trinajstić information content (AvgIpc) is 3.39. The first-order valence-corrected chi connectivity index (χ1v) is 10.3. The first-order valence-electron chi connectivity index (χ1n) is 10.3. The number of carbonyl (C=O) groups excluding carboxylic acids is 1. The van der Waals surface area contributed by atoms with Crippen LogP contribution in [0.2, 0.25) is 0 Å². The van der Waals surface area contributed by atoms with Gasteiger partial charge in [-0.25, -0.2) is 0 Å². The van der Waals surface area contributed by atoms with Crippen molar-refractivity contribution in [1.82, 2.24) is 24.9 Å². The van der Waals surface area contributed by atoms with Gasteiger partial charge < -0.3 is 5.32 Å². The molecule has 1 aliphatic rings. The molecule has 3 aromatic rings. The van der Waals surface area contributed by atoms with Gasteiger partial charge >= 0.3 is 0 Å². The second-order valence-corrected chi connectivity index (χ2v) is 7.66. The van der Waals surface area contributed by atoms with Gasteiger partial charge in [0.05, 0.1) is 11.9 Å². The van der Waals surface area contributed by atoms with Gasteiger partial charge in [-0.3, -0.25) is 19.5 Å². The van der Waals surface area contributed by atoms with E-state index < -0.39 is 0 Å². The molecule has 2 aromatic heterocycles. The molecule has 7 nitrogen and oxygen atoms in total. The van der Waals surface area contributed by atoms with E-state index in [9.17, 15) is 4.79 Å². The standard InChI is InChI=1S/C22H28N6O/c1-3-28-16(2)19(14-24-28)15-27-11-8-17(9-12-27)22(29)25-20-6-4-5-18(13-20)21-7-10-23-26-21/h4-7,10,13-14,17H,3,8-9,11-12,15H2,1-2H3,(H,23,26)(H,25,29). The number of hydrogen-bond donors (Lipinski definition) is 2. The maximum atomic E-state index is 12.8. The van der Waals surface area contributed by atoms with Crippen LogP contribution in [-0.4, -0.2) is 43.9 Å². The van der Waals surface area contributed by atoms with Crippen LogP contribution >= 0.6 is 0 Å². The summed E-state index contributed by atoms with van der Waals surface area (Å²) in [5.41, 5.74) is 5.30. The van der Waals surface area contributed by atoms with E-state index in [0.29, 0.717) is 0 Å². The maximum absolute atomic E-state index is 12.8. The second kappa shape index (κ2) is 8.61. The van der Waals surface area contributed by atoms with E-state index in [-0.39, 0.29) is 11.8 Å². The first-order chi connectivity index (χ1) is 14.1. The van der Waals surface area contributed by atoms with Gasteiger partial charge in [-0.15, -0.1) is 0 Å². The number of H-pyrrole nitrogens is 1. The number of aromatic nitrogens is 4. The van der Waals surface area contributed by atoms with Crippen molar-refractivity contribution < 1.29 is 4.79 Å². The van der Waals surface area contributed by atoms with E-state index in [1.165, 1.54) is 11.3 Å². The summed E-state index contributed by atoms with van der Waals surface area (Å²) in [7, 11) is 0. The number of nitrogens with one attached hydrogen (secondary N) is 2. The second-order valence-electron chi connectivity index (χ2n) is 7.66. The Morgan fingerprint density at radius 1 is 1.28 bits per heavy atom. The maximum Gasteiger partial charge on any atom is 0.227 e. The monoisotopic (exact) mass is 392 g/mol. The van der Waals surface area contributed by atoms with Crippen LogP contribution in [0.3, 0.4) is 0 Å². The Bertz CT molecular complexity index is 954. The van der Waals surface area contributed by atoms with Gasteiger partial charge in [0.2, 0.25) is 5.91 Å². The molecule has 0 aliphatic carbocycles. The average molecular weight is 393 g/mol. The fraction of sp³-hybridized carbons (Fsp3) is 0.409. The molecule has 0 saturated carbocycles. The van der Waals surface area contributed by atoms with E-state index in [0.717, 1.165) is 56.0 Å². The summed E-state index contributed by atoms with van der Waals surface area (Å²) in [6, 6.07) is 9.79. The molecule has 1 aromatic carbocycles. The number of hydrogen-bond acceptors (Lipinski definition) is 4. The number of rotatable bonds is 6. The fourth-order valence-electron chi connectivity index (χ4n) is 3.98. The highest BCUT2D eigenvalue weighted by atomic mass is 16.1. The van der Waals surface area contributed by atoms with Crippen molar-refractivity contribution in [2.24, 2.45) is 5.92 Å². The Kier molecular flexibility index (Phi) is 5.76. The molecule has 4 rings (SSSR count). The van der Waals surface area contributed by atoms with Crippen molar-refractivity contribution >= 4 is 11.6 Å². The fourth-order valence-corrected chi connectivity index (χ4v) is 3.98. The van der Waals surface area contributed by atoms with E-state index in [1.807, 2.05) is 41.2 Å². The summed E-state index contributed by atoms with van der Waals surface area (Å²) in [5, 5.41) is 14.5. The van der Waals surface area contributed by atoms with Crippen LogP contribution in [0.4, 0.5) is 5.69 Å². The van der Waals surface area contributed by atoms with E-state index >= 15 is 0 Å². The number of nitrogens with zero attached hydrogens (tertiary/aromatic N) is 4. The zero-order chi connectivity index (χ0) is 20.2. The summed E-state index contributed by atoms with van der Waals surface area (Å²) in [6.45, 7) is 7.91. The highest BCUT2D eigenvalue weighted by Gasteiger charge is 2.25. The number of benzene rings is 1. The van der Waals surface area contributed by atoms with Crippen molar-refractivity contribution in [1.29, 1.82) is 0 Å². The molecule has 1 fully saturated rings. The van der Waals surface area contributed by atoms with Crippen molar-refractivity contribution in [2.75, 3.05) is 18.4 Å². The van der Waals surface area contributed by atoms with Crippen LogP contribution in [0, 0.1) is 12.8 Å². The SMILES string of the molecule is CCn1ncc(CN2CCC(C(=O)Nc3cccc(-c4ccn[nH]4)c3)CC2)c1C. The van der Waals surface area contributed by atoms with Crippen LogP contribution in [0.1, 0.15) is 31.0 Å². The lowest BCUT2D eigenvalue weighted by Gasteiger charge is -2.31. The number of anilines is 1. The van der Waals surface area contributed by atoms with Gasteiger partial charge in [-0.1, -0.05) is 12.1 Å². The Hall–Kier alpha value is -2.93. The Morgan fingerprint density at radius 2 is 2.10 bits per heavy atom. The van der Waals surface area contributed by atoms with Gasteiger partial charge in [0.1, 0.15) is 0 Å². The molecule has 1 amide bonds. The number of amides is 1. The van der Waals surface area contributed by atoms with E-state index in [2.05, 4.69) is 39.4 Å². The highest BCUT2D eigenvalue weighted by Crippen LogP contribution is 2.24. The topological polar surface area (TPSA) is 78.8 Å². The van der Waals surface area contributed by atoms with Gasteiger partial charge in [0.15, 0.2) is 0 Å². The van der Waals surface area contributed by atoms with Crippen LogP contribution in [0.5, 0.6) is 0 Å². The third kappa shape index (κ3) is 4.40. The van der Waals surface area contributed by atoms with Crippen molar-refractivity contribution in [3.8, 4) is 11.3 Å². The van der Waals surface area contributed by atoms with Crippen molar-refractivity contribution in [3.63, 3.8) is 0 Å². The summed E-state index contributed by atoms with van der Waals surface area (Å²) in [5.74, 6) is 0.169. The van der Waals surface area contributed by atoms with Gasteiger partial charge in [-0.05, 0) is 58.0 Å². The number of piperidine rings is 1. The smallest absolute Gasteiger partial charge is 0.227 e. The Morgan fingerprint density at radius 3 is 2.79 bits per heavy atom. The Balaban J connectivity index is 1.31. The summed E-state index contributed by atoms with van der Waals surface area (Å²) < 4.78 is 2.03. The zero-order valence-electron chi connectivity index (χ0n) is 17.1. The molecule has 152 valence electrons. The molecule has 0 spiro atoms. The minimum atomic E-state index is 0.0570. The molecule has 7 heteroatoms. The zero-order valence-corrected chi connectivity index (χ0v) is 17.1. The normalized spacial score (nSPS) is 15.5. The van der Waals surface area contributed by atoms with Crippen LogP contribution in [0.25, 0.3) is 11.3 Å². The third-order valence-corrected chi connectivity index (χ3v) is 5.80. The lowest BCUT2D eigenvalue weighted by Crippen LogP contribution is -2.37. The molecule has 3 heterocycles. The molecule has 2 N–H and O–H groups in total. The number of likely N-dealkylation sites (tertiary alicyclic amines) is 1. The lowest BCUT2D eigenvalue weighted by atomic mass is 9.95. The molecule has 1 saturated heterocycles. The molecule has 1 aliphatic heterocycles. The first kappa shape index (κ1) is 19.4. The summed E-state index contributed by atoms with van der Waals surface area (Å²) >= 11 is 0. The predicted molar refractivity (Wildman–Crippen MR) is 113 cm³/mol. The van der Waals surface area contributed by atoms with Gasteiger partial charge in [-0.2, -0.15) is 10.2 Å². The van der Waals surface area contributed by atoms with Gasteiger partial charge in [0.25, 0.3) is 0 Å².